The quantitative estimate of drug-likeness (QED) is 0.599. The van der Waals surface area contributed by atoms with Crippen LogP contribution in [0.3, 0.4) is 0 Å². The Morgan fingerprint density at radius 1 is 1.26 bits per heavy atom. The number of ether oxygens (including phenoxy) is 2. The number of nitrogens with zero attached hydrogens (tertiary/aromatic N) is 1. The lowest BCUT2D eigenvalue weighted by molar-refractivity contribution is -0.135. The van der Waals surface area contributed by atoms with Crippen molar-refractivity contribution in [1.29, 1.82) is 0 Å². The Hall–Kier alpha value is -2.82. The molecular formula is C20H14BrNO5. The Labute approximate surface area is 163 Å². The van der Waals surface area contributed by atoms with E-state index >= 15 is 0 Å². The highest BCUT2D eigenvalue weighted by Gasteiger charge is 2.50. The number of terminal acetylenes is 1. The molecule has 0 radical (unpaired) electrons. The number of hydrogen-bond donors (Lipinski definition) is 1. The zero-order valence-corrected chi connectivity index (χ0v) is 15.7. The molecule has 2 aromatic rings. The van der Waals surface area contributed by atoms with Crippen LogP contribution in [0.1, 0.15) is 22.3 Å². The van der Waals surface area contributed by atoms with Gasteiger partial charge in [0.05, 0.1) is 18.7 Å². The van der Waals surface area contributed by atoms with Gasteiger partial charge < -0.3 is 14.6 Å². The first kappa shape index (κ1) is 17.6. The van der Waals surface area contributed by atoms with Crippen molar-refractivity contribution in [2.24, 2.45) is 0 Å². The second-order valence-corrected chi connectivity index (χ2v) is 7.20. The number of anilines is 1. The average Bonchev–Trinajstić information content (AvgIpc) is 3.19. The fourth-order valence-corrected chi connectivity index (χ4v) is 3.71. The van der Waals surface area contributed by atoms with Crippen LogP contribution < -0.4 is 14.4 Å². The van der Waals surface area contributed by atoms with Crippen molar-refractivity contribution in [3.63, 3.8) is 0 Å². The molecule has 2 aromatic carbocycles. The van der Waals surface area contributed by atoms with Gasteiger partial charge in [-0.3, -0.25) is 14.5 Å². The van der Waals surface area contributed by atoms with Crippen LogP contribution in [0.25, 0.3) is 0 Å². The largest absolute Gasteiger partial charge is 0.454 e. The third-order valence-electron chi connectivity index (χ3n) is 4.65. The second-order valence-electron chi connectivity index (χ2n) is 6.29. The number of carbonyl (C=O) groups excluding carboxylic acids is 2. The molecule has 7 heteroatoms. The van der Waals surface area contributed by atoms with E-state index < -0.39 is 23.7 Å². The Bertz CT molecular complexity index is 1010. The van der Waals surface area contributed by atoms with Gasteiger partial charge in [-0.2, -0.15) is 0 Å². The third kappa shape index (κ3) is 2.78. The number of ketones is 1. The summed E-state index contributed by atoms with van der Waals surface area (Å²) in [6, 6.07) is 9.84. The van der Waals surface area contributed by atoms with Gasteiger partial charge >= 0.3 is 0 Å². The second kappa shape index (κ2) is 6.41. The van der Waals surface area contributed by atoms with Gasteiger partial charge in [0.25, 0.3) is 5.91 Å². The van der Waals surface area contributed by atoms with Gasteiger partial charge in [0, 0.05) is 15.6 Å². The Balaban J connectivity index is 1.70. The molecule has 4 rings (SSSR count). The highest BCUT2D eigenvalue weighted by atomic mass is 79.9. The molecule has 1 amide bonds. The first-order valence-corrected chi connectivity index (χ1v) is 8.94. The summed E-state index contributed by atoms with van der Waals surface area (Å²) in [7, 11) is 0. The maximum atomic E-state index is 12.9. The summed E-state index contributed by atoms with van der Waals surface area (Å²) in [4.78, 5) is 27.1. The molecule has 0 aliphatic carbocycles. The topological polar surface area (TPSA) is 76.1 Å². The molecule has 0 aromatic heterocycles. The van der Waals surface area contributed by atoms with Crippen molar-refractivity contribution in [2.75, 3.05) is 18.2 Å². The van der Waals surface area contributed by atoms with Crippen molar-refractivity contribution >= 4 is 33.3 Å². The predicted octanol–water partition coefficient (Wildman–Crippen LogP) is 2.62. The Kier molecular flexibility index (Phi) is 4.17. The molecule has 6 nitrogen and oxygen atoms in total. The summed E-state index contributed by atoms with van der Waals surface area (Å²) in [5, 5.41) is 11.2. The maximum absolute atomic E-state index is 12.9. The van der Waals surface area contributed by atoms with Crippen molar-refractivity contribution in [3.05, 3.63) is 52.0 Å². The first-order valence-electron chi connectivity index (χ1n) is 8.15. The lowest BCUT2D eigenvalue weighted by Crippen LogP contribution is -2.42. The zero-order chi connectivity index (χ0) is 19.2. The van der Waals surface area contributed by atoms with E-state index in [1.165, 1.54) is 4.90 Å². The van der Waals surface area contributed by atoms with Crippen molar-refractivity contribution < 1.29 is 24.2 Å². The van der Waals surface area contributed by atoms with E-state index in [-0.39, 0.29) is 13.3 Å². The number of Topliss-reactive ketones (excluding diaryl/α,β-unsaturated/α-hetero) is 1. The van der Waals surface area contributed by atoms with Gasteiger partial charge in [0.2, 0.25) is 6.79 Å². The monoisotopic (exact) mass is 427 g/mol. The van der Waals surface area contributed by atoms with Crippen LogP contribution >= 0.6 is 15.9 Å². The predicted molar refractivity (Wildman–Crippen MR) is 101 cm³/mol. The van der Waals surface area contributed by atoms with Crippen LogP contribution in [0.4, 0.5) is 5.69 Å². The van der Waals surface area contributed by atoms with Crippen LogP contribution in [0.15, 0.2) is 40.9 Å². The van der Waals surface area contributed by atoms with Gasteiger partial charge in [0.15, 0.2) is 22.9 Å². The molecular weight excluding hydrogens is 414 g/mol. The smallest absolute Gasteiger partial charge is 0.265 e. The molecule has 0 spiro atoms. The number of halogens is 1. The first-order chi connectivity index (χ1) is 12.9. The summed E-state index contributed by atoms with van der Waals surface area (Å²) in [5.74, 6) is 2.43. The number of aliphatic hydroxyl groups is 1. The van der Waals surface area contributed by atoms with E-state index in [1.807, 2.05) is 0 Å². The molecule has 0 fully saturated rings. The molecule has 1 N–H and O–H groups in total. The lowest BCUT2D eigenvalue weighted by atomic mass is 9.88. The van der Waals surface area contributed by atoms with Gasteiger partial charge in [0.1, 0.15) is 0 Å². The van der Waals surface area contributed by atoms with E-state index in [9.17, 15) is 14.7 Å². The number of rotatable bonds is 4. The van der Waals surface area contributed by atoms with Crippen molar-refractivity contribution in [1.82, 2.24) is 0 Å². The molecule has 136 valence electrons. The molecule has 0 unspecified atom stereocenters. The fourth-order valence-electron chi connectivity index (χ4n) is 3.35. The minimum Gasteiger partial charge on any atom is -0.454 e. The van der Waals surface area contributed by atoms with E-state index in [4.69, 9.17) is 15.9 Å². The fraction of sp³-hybridized carbons (Fsp3) is 0.200. The van der Waals surface area contributed by atoms with Gasteiger partial charge in [-0.25, -0.2) is 0 Å². The minimum absolute atomic E-state index is 0.00793. The van der Waals surface area contributed by atoms with Crippen molar-refractivity contribution in [3.8, 4) is 23.8 Å². The van der Waals surface area contributed by atoms with Gasteiger partial charge in [-0.05, 0) is 36.4 Å². The molecule has 2 aliphatic heterocycles. The molecule has 2 heterocycles. The Morgan fingerprint density at radius 2 is 2.04 bits per heavy atom. The third-order valence-corrected chi connectivity index (χ3v) is 5.15. The number of fused-ring (bicyclic) bond motifs is 2. The number of benzene rings is 2. The van der Waals surface area contributed by atoms with Gasteiger partial charge in [-0.1, -0.05) is 21.9 Å². The van der Waals surface area contributed by atoms with Crippen LogP contribution in [-0.2, 0) is 10.4 Å². The van der Waals surface area contributed by atoms with Crippen LogP contribution in [0, 0.1) is 12.3 Å². The van der Waals surface area contributed by atoms with Crippen LogP contribution in [-0.4, -0.2) is 30.1 Å². The van der Waals surface area contributed by atoms with Crippen molar-refractivity contribution in [2.45, 2.75) is 12.0 Å². The molecule has 1 atom stereocenters. The minimum atomic E-state index is -1.98. The highest BCUT2D eigenvalue weighted by molar-refractivity contribution is 9.10. The Morgan fingerprint density at radius 3 is 2.81 bits per heavy atom. The number of hydrogen-bond acceptors (Lipinski definition) is 5. The number of carbonyl (C=O) groups is 2. The van der Waals surface area contributed by atoms with Gasteiger partial charge in [-0.15, -0.1) is 6.42 Å². The standard InChI is InChI=1S/C20H14BrNO5/c1-2-7-22-15-5-4-13(21)9-14(15)20(25,19(22)24)10-16(23)12-3-6-17-18(8-12)27-11-26-17/h1,3-6,8-9,25H,7,10-11H2/t20-/m0/s1. The van der Waals surface area contributed by atoms with E-state index in [1.54, 1.807) is 36.4 Å². The highest BCUT2D eigenvalue weighted by Crippen LogP contribution is 2.44. The van der Waals surface area contributed by atoms with Crippen LogP contribution in [0.2, 0.25) is 0 Å². The normalized spacial score (nSPS) is 19.7. The zero-order valence-electron chi connectivity index (χ0n) is 14.1. The molecule has 2 aliphatic rings. The molecule has 0 saturated heterocycles. The summed E-state index contributed by atoms with van der Waals surface area (Å²) in [5.41, 5.74) is -0.801. The SMILES string of the molecule is C#CCN1C(=O)[C@](O)(CC(=O)c2ccc3c(c2)OCO3)c2cc(Br)ccc21. The summed E-state index contributed by atoms with van der Waals surface area (Å²) >= 11 is 3.34. The molecule has 27 heavy (non-hydrogen) atoms. The number of amides is 1. The van der Waals surface area contributed by atoms with E-state index in [2.05, 4.69) is 21.9 Å². The molecule has 0 bridgehead atoms. The molecule has 0 saturated carbocycles. The lowest BCUT2D eigenvalue weighted by Gasteiger charge is -2.22. The summed E-state index contributed by atoms with van der Waals surface area (Å²) in [6.07, 6.45) is 4.96. The van der Waals surface area contributed by atoms with Crippen LogP contribution in [0.5, 0.6) is 11.5 Å². The van der Waals surface area contributed by atoms with E-state index in [0.29, 0.717) is 32.8 Å². The summed E-state index contributed by atoms with van der Waals surface area (Å²) in [6.45, 7) is 0.103. The average molecular weight is 428 g/mol. The summed E-state index contributed by atoms with van der Waals surface area (Å²) < 4.78 is 11.2. The maximum Gasteiger partial charge on any atom is 0.265 e. The van der Waals surface area contributed by atoms with E-state index in [0.717, 1.165) is 0 Å².